The van der Waals surface area contributed by atoms with Crippen molar-refractivity contribution in [2.45, 2.75) is 32.2 Å². The van der Waals surface area contributed by atoms with Crippen LogP contribution in [0, 0.1) is 12.8 Å². The van der Waals surface area contributed by atoms with Crippen molar-refractivity contribution in [2.24, 2.45) is 16.6 Å². The number of aliphatic carboxylic acids is 1. The molecular weight excluding hydrogens is 667 g/mol. The third-order valence-electron chi connectivity index (χ3n) is 7.42. The number of likely N-dealkylation sites (N-methyl/N-ethyl adjacent to an activating group) is 1. The molecule has 2 aliphatic heterocycles. The van der Waals surface area contributed by atoms with E-state index in [9.17, 15) is 24.3 Å². The minimum atomic E-state index is -0.962. The van der Waals surface area contributed by atoms with Gasteiger partial charge in [-0.1, -0.05) is 0 Å². The molecule has 0 aliphatic carbocycles. The number of aldehydes is 1. The van der Waals surface area contributed by atoms with Crippen LogP contribution in [0.1, 0.15) is 35.2 Å². The van der Waals surface area contributed by atoms with Gasteiger partial charge in [0, 0.05) is 63.3 Å². The molecule has 2 unspecified atom stereocenters. The summed E-state index contributed by atoms with van der Waals surface area (Å²) in [4.78, 5) is 53.8. The van der Waals surface area contributed by atoms with E-state index in [1.807, 2.05) is 19.1 Å². The smallest absolute Gasteiger partial charge is 0.337 e. The standard InChI is InChI=1S/C24H32N4O3.C6H12IN2O3/c1-19-15-23(5-4-22(19)18-29)28-13-11-27(12-14-28)17-20-6-9-25-8-2-3-21(24(30)31)16-26-10-7-20;1-9(4-10)5(6(8)11)2-3-7-12/h2-5,8,15-16,18,20,25H,6-7,9-14,17H2,1H3,(H,30,31);4-5,12H,2-3H2,1H3,(H2,8,11)/q;-1/b8-2+,21-3+,26-16?;. The van der Waals surface area contributed by atoms with Gasteiger partial charge >= 0.3 is 87.5 Å². The van der Waals surface area contributed by atoms with Crippen molar-refractivity contribution < 1.29 is 49.3 Å². The maximum atomic E-state index is 11.2. The SMILES string of the molecule is CN(C=O)C(CC[I-]O)C(N)=O.Cc1cc(N2CCN(CC3CCN=C/C(C(=O)O)=C\C=C\NCC3)CC2)ccc1C=O. The van der Waals surface area contributed by atoms with E-state index < -0.39 is 39.5 Å². The Morgan fingerprint density at radius 1 is 1.23 bits per heavy atom. The molecule has 0 aromatic heterocycles. The number of halogens is 1. The van der Waals surface area contributed by atoms with Crippen LogP contribution in [0.4, 0.5) is 5.69 Å². The molecule has 0 spiro atoms. The van der Waals surface area contributed by atoms with E-state index in [0.717, 1.165) is 69.5 Å². The van der Waals surface area contributed by atoms with Crippen LogP contribution in [0.5, 0.6) is 0 Å². The van der Waals surface area contributed by atoms with Gasteiger partial charge in [0.25, 0.3) is 0 Å². The molecule has 12 nitrogen and oxygen atoms in total. The number of carbonyl (C=O) groups excluding carboxylic acids is 3. The molecule has 1 saturated heterocycles. The topological polar surface area (TPSA) is 169 Å². The number of amides is 2. The van der Waals surface area contributed by atoms with Crippen LogP contribution in [0.15, 0.2) is 47.1 Å². The molecule has 2 heterocycles. The molecule has 13 heteroatoms. The minimum Gasteiger partial charge on any atom is -0.478 e. The van der Waals surface area contributed by atoms with Crippen LogP contribution in [0.2, 0.25) is 0 Å². The number of nitrogens with one attached hydrogen (secondary N) is 1. The maximum Gasteiger partial charge on any atom is 0.337 e. The summed E-state index contributed by atoms with van der Waals surface area (Å²) in [6.07, 6.45) is 10.5. The summed E-state index contributed by atoms with van der Waals surface area (Å²) < 4.78 is 9.18. The number of carboxylic acids is 1. The fourth-order valence-electron chi connectivity index (χ4n) is 4.82. The maximum absolute atomic E-state index is 11.2. The molecule has 0 radical (unpaired) electrons. The van der Waals surface area contributed by atoms with Crippen molar-refractivity contribution in [3.63, 3.8) is 0 Å². The fourth-order valence-corrected chi connectivity index (χ4v) is 5.69. The van der Waals surface area contributed by atoms with Crippen molar-refractivity contribution in [1.82, 2.24) is 15.1 Å². The molecule has 1 aromatic rings. The summed E-state index contributed by atoms with van der Waals surface area (Å²) in [5, 5.41) is 12.5. The van der Waals surface area contributed by atoms with Gasteiger partial charge in [-0.2, -0.15) is 0 Å². The van der Waals surface area contributed by atoms with Crippen molar-refractivity contribution in [3.05, 3.63) is 53.3 Å². The number of piperazine rings is 1. The second kappa shape index (κ2) is 19.8. The second-order valence-corrected chi connectivity index (χ2v) is 12.2. The number of allylic oxidation sites excluding steroid dienone is 2. The van der Waals surface area contributed by atoms with Crippen LogP contribution >= 0.6 is 0 Å². The molecule has 2 amide bonds. The first kappa shape index (κ1) is 35.9. The Kier molecular flexibility index (Phi) is 16.5. The number of nitrogens with zero attached hydrogens (tertiary/aromatic N) is 4. The predicted octanol–water partition coefficient (Wildman–Crippen LogP) is -2.16. The molecule has 3 rings (SSSR count). The van der Waals surface area contributed by atoms with E-state index in [1.54, 1.807) is 18.4 Å². The Hall–Kier alpha value is -3.30. The van der Waals surface area contributed by atoms with Crippen LogP contribution in [0.25, 0.3) is 0 Å². The van der Waals surface area contributed by atoms with Crippen LogP contribution in [-0.4, -0.2) is 112 Å². The molecule has 2 atom stereocenters. The van der Waals surface area contributed by atoms with Gasteiger partial charge in [-0.25, -0.2) is 4.79 Å². The Morgan fingerprint density at radius 2 is 1.98 bits per heavy atom. The number of anilines is 1. The van der Waals surface area contributed by atoms with Crippen molar-refractivity contribution in [2.75, 3.05) is 62.2 Å². The summed E-state index contributed by atoms with van der Waals surface area (Å²) in [7, 11) is 1.50. The molecular formula is C30H44IN6O6-. The summed E-state index contributed by atoms with van der Waals surface area (Å²) in [5.74, 6) is -0.978. The van der Waals surface area contributed by atoms with E-state index in [2.05, 4.69) is 26.2 Å². The number of aryl methyl sites for hydroxylation is 1. The molecule has 238 valence electrons. The van der Waals surface area contributed by atoms with Gasteiger partial charge in [0.1, 0.15) is 6.29 Å². The number of aliphatic imine (C=N–C) groups is 1. The van der Waals surface area contributed by atoms with Gasteiger partial charge in [0.05, 0.1) is 5.57 Å². The number of benzene rings is 1. The first-order chi connectivity index (χ1) is 20.7. The Bertz CT molecular complexity index is 1150. The van der Waals surface area contributed by atoms with Crippen molar-refractivity contribution in [1.29, 1.82) is 0 Å². The van der Waals surface area contributed by atoms with Crippen molar-refractivity contribution in [3.8, 4) is 0 Å². The number of hydrogen-bond donors (Lipinski definition) is 4. The van der Waals surface area contributed by atoms with Gasteiger partial charge in [-0.15, -0.1) is 0 Å². The number of rotatable bonds is 11. The number of carboxylic acid groups (broad SMARTS) is 1. The Balaban J connectivity index is 0.000000455. The molecule has 1 fully saturated rings. The number of hydrogen-bond acceptors (Lipinski definition) is 9. The zero-order valence-corrected chi connectivity index (χ0v) is 27.1. The third-order valence-corrected chi connectivity index (χ3v) is 8.52. The van der Waals surface area contributed by atoms with E-state index in [4.69, 9.17) is 9.17 Å². The average Bonchev–Trinajstić information content (AvgIpc) is 2.99. The van der Waals surface area contributed by atoms with Gasteiger partial charge in [0.2, 0.25) is 0 Å². The minimum absolute atomic E-state index is 0.197. The van der Waals surface area contributed by atoms with Gasteiger partial charge in [0.15, 0.2) is 0 Å². The molecule has 5 N–H and O–H groups in total. The van der Waals surface area contributed by atoms with Crippen molar-refractivity contribution >= 4 is 36.5 Å². The zero-order valence-electron chi connectivity index (χ0n) is 24.9. The number of carbonyl (C=O) groups is 4. The normalized spacial score (nSPS) is 20.5. The quantitative estimate of drug-likeness (QED) is 0.114. The largest absolute Gasteiger partial charge is 0.478 e. The first-order valence-electron chi connectivity index (χ1n) is 14.3. The molecule has 2 aliphatic rings. The third kappa shape index (κ3) is 12.8. The van der Waals surface area contributed by atoms with Crippen LogP contribution in [0.3, 0.4) is 0 Å². The van der Waals surface area contributed by atoms with E-state index in [-0.39, 0.29) is 5.57 Å². The van der Waals surface area contributed by atoms with E-state index in [0.29, 0.717) is 29.7 Å². The summed E-state index contributed by atoms with van der Waals surface area (Å²) in [6, 6.07) is 5.47. The summed E-state index contributed by atoms with van der Waals surface area (Å²) in [6.45, 7) is 8.47. The molecule has 0 saturated carbocycles. The molecule has 1 aromatic carbocycles. The van der Waals surface area contributed by atoms with Gasteiger partial charge in [-0.3, -0.25) is 14.7 Å². The average molecular weight is 712 g/mol. The second-order valence-electron chi connectivity index (χ2n) is 10.5. The number of primary amides is 1. The number of nitrogens with two attached hydrogens (primary N) is 1. The summed E-state index contributed by atoms with van der Waals surface area (Å²) >= 11 is -0.833. The Labute approximate surface area is 264 Å². The Morgan fingerprint density at radius 3 is 2.58 bits per heavy atom. The molecule has 0 bridgehead atoms. The predicted molar refractivity (Wildman–Crippen MR) is 163 cm³/mol. The summed E-state index contributed by atoms with van der Waals surface area (Å²) in [5.41, 5.74) is 8.20. The molecule has 43 heavy (non-hydrogen) atoms. The monoisotopic (exact) mass is 711 g/mol. The van der Waals surface area contributed by atoms with Gasteiger partial charge in [-0.05, 0) is 67.8 Å². The van der Waals surface area contributed by atoms with Gasteiger partial charge < -0.3 is 15.3 Å². The van der Waals surface area contributed by atoms with Crippen LogP contribution < -0.4 is 37.6 Å². The van der Waals surface area contributed by atoms with Crippen LogP contribution in [-0.2, 0) is 14.4 Å². The first-order valence-corrected chi connectivity index (χ1v) is 16.7. The fraction of sp³-hybridized carbons (Fsp3) is 0.500. The van der Waals surface area contributed by atoms with E-state index in [1.165, 1.54) is 23.8 Å². The van der Waals surface area contributed by atoms with E-state index >= 15 is 0 Å². The number of alkyl halides is 1. The zero-order chi connectivity index (χ0) is 31.6.